The fourth-order valence-corrected chi connectivity index (χ4v) is 3.72. The molecule has 1 N–H and O–H groups in total. The fraction of sp³-hybridized carbons (Fsp3) is 0.625. The van der Waals surface area contributed by atoms with Crippen LogP contribution < -0.4 is 4.72 Å². The van der Waals surface area contributed by atoms with E-state index in [9.17, 15) is 8.42 Å². The molecular formula is C16H27NO2S. The number of sulfonamides is 1. The first-order valence-electron chi connectivity index (χ1n) is 7.23. The van der Waals surface area contributed by atoms with Gasteiger partial charge in [-0.05, 0) is 41.5 Å². The van der Waals surface area contributed by atoms with Crippen LogP contribution in [0.1, 0.15) is 76.0 Å². The summed E-state index contributed by atoms with van der Waals surface area (Å²) in [5, 5.41) is 0. The van der Waals surface area contributed by atoms with Crippen LogP contribution in [0.2, 0.25) is 0 Å². The Labute approximate surface area is 123 Å². The van der Waals surface area contributed by atoms with Crippen LogP contribution in [0.25, 0.3) is 0 Å². The Morgan fingerprint density at radius 1 is 0.850 bits per heavy atom. The molecule has 0 radical (unpaired) electrons. The topological polar surface area (TPSA) is 46.2 Å². The Hall–Kier alpha value is -0.870. The van der Waals surface area contributed by atoms with Crippen molar-refractivity contribution in [2.75, 3.05) is 7.05 Å². The van der Waals surface area contributed by atoms with E-state index in [1.165, 1.54) is 12.6 Å². The van der Waals surface area contributed by atoms with Gasteiger partial charge >= 0.3 is 0 Å². The lowest BCUT2D eigenvalue weighted by atomic mass is 9.89. The Morgan fingerprint density at radius 2 is 1.25 bits per heavy atom. The third-order valence-corrected chi connectivity index (χ3v) is 5.16. The van der Waals surface area contributed by atoms with Gasteiger partial charge in [-0.15, -0.1) is 0 Å². The van der Waals surface area contributed by atoms with Crippen molar-refractivity contribution >= 4 is 10.0 Å². The minimum absolute atomic E-state index is 0.171. The van der Waals surface area contributed by atoms with E-state index in [4.69, 9.17) is 0 Å². The highest BCUT2D eigenvalue weighted by molar-refractivity contribution is 7.89. The molecule has 0 spiro atoms. The molecule has 0 saturated carbocycles. The lowest BCUT2D eigenvalue weighted by molar-refractivity contribution is 0.582. The molecule has 0 fully saturated rings. The van der Waals surface area contributed by atoms with Gasteiger partial charge in [0.05, 0.1) is 4.90 Å². The van der Waals surface area contributed by atoms with Gasteiger partial charge in [0, 0.05) is 0 Å². The Balaban J connectivity index is 3.78. The third kappa shape index (κ3) is 3.41. The van der Waals surface area contributed by atoms with Gasteiger partial charge in [0.2, 0.25) is 10.0 Å². The molecule has 0 aliphatic carbocycles. The first-order chi connectivity index (χ1) is 9.11. The maximum absolute atomic E-state index is 12.4. The van der Waals surface area contributed by atoms with Crippen molar-refractivity contribution in [1.29, 1.82) is 0 Å². The summed E-state index contributed by atoms with van der Waals surface area (Å²) in [7, 11) is -1.97. The summed E-state index contributed by atoms with van der Waals surface area (Å²) in [5.41, 5.74) is 3.02. The van der Waals surface area contributed by atoms with Gasteiger partial charge < -0.3 is 0 Å². The highest BCUT2D eigenvalue weighted by Crippen LogP contribution is 2.34. The van der Waals surface area contributed by atoms with E-state index < -0.39 is 10.0 Å². The van der Waals surface area contributed by atoms with Crippen LogP contribution in [-0.4, -0.2) is 15.5 Å². The van der Waals surface area contributed by atoms with E-state index in [1.807, 2.05) is 39.8 Å². The number of nitrogens with one attached hydrogen (secondary N) is 1. The van der Waals surface area contributed by atoms with Crippen molar-refractivity contribution in [2.24, 2.45) is 0 Å². The fourth-order valence-electron chi connectivity index (χ4n) is 2.30. The zero-order valence-corrected chi connectivity index (χ0v) is 14.4. The van der Waals surface area contributed by atoms with Gasteiger partial charge in [0.15, 0.2) is 0 Å². The molecule has 1 aromatic carbocycles. The van der Waals surface area contributed by atoms with Crippen molar-refractivity contribution in [3.63, 3.8) is 0 Å². The average molecular weight is 297 g/mol. The molecule has 20 heavy (non-hydrogen) atoms. The van der Waals surface area contributed by atoms with Crippen LogP contribution >= 0.6 is 0 Å². The van der Waals surface area contributed by atoms with E-state index in [0.29, 0.717) is 10.8 Å². The highest BCUT2D eigenvalue weighted by Gasteiger charge is 2.25. The van der Waals surface area contributed by atoms with E-state index in [0.717, 1.165) is 11.1 Å². The molecule has 0 amide bonds. The number of benzene rings is 1. The third-order valence-electron chi connectivity index (χ3n) is 3.62. The van der Waals surface area contributed by atoms with Crippen molar-refractivity contribution in [3.05, 3.63) is 28.8 Å². The number of hydrogen-bond donors (Lipinski definition) is 1. The average Bonchev–Trinajstić information content (AvgIpc) is 2.36. The highest BCUT2D eigenvalue weighted by atomic mass is 32.2. The quantitative estimate of drug-likeness (QED) is 0.894. The predicted molar refractivity (Wildman–Crippen MR) is 85.0 cm³/mol. The summed E-state index contributed by atoms with van der Waals surface area (Å²) in [6, 6.07) is 4.09. The smallest absolute Gasteiger partial charge is 0.214 e. The number of hydrogen-bond acceptors (Lipinski definition) is 2. The van der Waals surface area contributed by atoms with Gasteiger partial charge in [-0.2, -0.15) is 0 Å². The summed E-state index contributed by atoms with van der Waals surface area (Å²) >= 11 is 0. The second-order valence-electron chi connectivity index (χ2n) is 6.20. The Morgan fingerprint density at radius 3 is 1.50 bits per heavy atom. The monoisotopic (exact) mass is 297 g/mol. The van der Waals surface area contributed by atoms with Crippen molar-refractivity contribution in [1.82, 2.24) is 4.72 Å². The molecule has 0 bridgehead atoms. The second-order valence-corrected chi connectivity index (χ2v) is 8.02. The first-order valence-corrected chi connectivity index (χ1v) is 8.71. The molecule has 3 nitrogen and oxygen atoms in total. The van der Waals surface area contributed by atoms with Gasteiger partial charge in [0.1, 0.15) is 0 Å². The minimum atomic E-state index is -3.44. The normalized spacial score (nSPS) is 12.7. The number of rotatable bonds is 5. The zero-order chi connectivity index (χ0) is 15.7. The van der Waals surface area contributed by atoms with Gasteiger partial charge in [-0.1, -0.05) is 53.7 Å². The second kappa shape index (κ2) is 6.27. The maximum atomic E-state index is 12.4. The van der Waals surface area contributed by atoms with E-state index >= 15 is 0 Å². The van der Waals surface area contributed by atoms with Crippen LogP contribution in [0.5, 0.6) is 0 Å². The molecule has 0 saturated heterocycles. The van der Waals surface area contributed by atoms with Crippen molar-refractivity contribution in [3.8, 4) is 0 Å². The lowest BCUT2D eigenvalue weighted by Gasteiger charge is -2.22. The summed E-state index contributed by atoms with van der Waals surface area (Å²) in [5.74, 6) is 0.727. The Kier molecular flexibility index (Phi) is 5.39. The molecule has 1 rings (SSSR count). The van der Waals surface area contributed by atoms with Crippen molar-refractivity contribution in [2.45, 2.75) is 64.2 Å². The summed E-state index contributed by atoms with van der Waals surface area (Å²) in [6.45, 7) is 12.4. The van der Waals surface area contributed by atoms with Crippen LogP contribution in [0.4, 0.5) is 0 Å². The molecule has 0 unspecified atom stereocenters. The van der Waals surface area contributed by atoms with Crippen LogP contribution in [-0.2, 0) is 10.0 Å². The first kappa shape index (κ1) is 17.2. The largest absolute Gasteiger partial charge is 0.240 e. The summed E-state index contributed by atoms with van der Waals surface area (Å²) in [4.78, 5) is 0.467. The van der Waals surface area contributed by atoms with Gasteiger partial charge in [0.25, 0.3) is 0 Å². The molecule has 4 heteroatoms. The molecule has 0 aromatic heterocycles. The van der Waals surface area contributed by atoms with Crippen LogP contribution in [0.15, 0.2) is 17.0 Å². The SMILES string of the molecule is CNS(=O)(=O)c1c(C(C)C)cc(C(C)C)cc1C(C)C. The van der Waals surface area contributed by atoms with Crippen LogP contribution in [0.3, 0.4) is 0 Å². The maximum Gasteiger partial charge on any atom is 0.240 e. The predicted octanol–water partition coefficient (Wildman–Crippen LogP) is 3.96. The Bertz CT molecular complexity index is 543. The molecule has 0 atom stereocenters. The standard InChI is InChI=1S/C16H27NO2S/c1-10(2)13-8-14(11(3)4)16(20(18,19)17-7)15(9-13)12(5)6/h8-12,17H,1-7H3. The summed E-state index contributed by atoms with van der Waals surface area (Å²) < 4.78 is 27.3. The lowest BCUT2D eigenvalue weighted by Crippen LogP contribution is -2.23. The zero-order valence-electron chi connectivity index (χ0n) is 13.6. The van der Waals surface area contributed by atoms with E-state index in [-0.39, 0.29) is 11.8 Å². The molecule has 114 valence electrons. The van der Waals surface area contributed by atoms with Crippen LogP contribution in [0, 0.1) is 0 Å². The van der Waals surface area contributed by atoms with E-state index in [2.05, 4.69) is 18.6 Å². The minimum Gasteiger partial charge on any atom is -0.214 e. The molecule has 1 aromatic rings. The summed E-state index contributed by atoms with van der Waals surface area (Å²) in [6.07, 6.45) is 0. The van der Waals surface area contributed by atoms with Gasteiger partial charge in [-0.3, -0.25) is 0 Å². The molecular weight excluding hydrogens is 270 g/mol. The van der Waals surface area contributed by atoms with E-state index in [1.54, 1.807) is 0 Å². The molecule has 0 aliphatic rings. The molecule has 0 heterocycles. The van der Waals surface area contributed by atoms with Crippen molar-refractivity contribution < 1.29 is 8.42 Å². The van der Waals surface area contributed by atoms with Gasteiger partial charge in [-0.25, -0.2) is 13.1 Å². The molecule has 0 aliphatic heterocycles.